The van der Waals surface area contributed by atoms with Crippen molar-refractivity contribution in [3.63, 3.8) is 0 Å². The average molecular weight is 393 g/mol. The SMILES string of the molecule is O=C1NC(=S)N(c2ccc(C(=O)O)cc2)C(=O)/C1=C/c1ccc(Cl)s1. The summed E-state index contributed by atoms with van der Waals surface area (Å²) in [6, 6.07) is 8.96. The largest absolute Gasteiger partial charge is 0.478 e. The summed E-state index contributed by atoms with van der Waals surface area (Å²) in [7, 11) is 0. The summed E-state index contributed by atoms with van der Waals surface area (Å²) in [5.74, 6) is -2.28. The Bertz CT molecular complexity index is 934. The number of rotatable bonds is 3. The molecule has 6 nitrogen and oxygen atoms in total. The van der Waals surface area contributed by atoms with Gasteiger partial charge in [0.2, 0.25) is 0 Å². The van der Waals surface area contributed by atoms with Gasteiger partial charge in [0.15, 0.2) is 5.11 Å². The first-order valence-corrected chi connectivity index (χ1v) is 8.47. The Morgan fingerprint density at radius 3 is 2.44 bits per heavy atom. The van der Waals surface area contributed by atoms with Crippen molar-refractivity contribution in [2.75, 3.05) is 4.90 Å². The number of nitrogens with zero attached hydrogens (tertiary/aromatic N) is 1. The quantitative estimate of drug-likeness (QED) is 0.476. The summed E-state index contributed by atoms with van der Waals surface area (Å²) in [6.07, 6.45) is 1.44. The number of aromatic carboxylic acids is 1. The maximum atomic E-state index is 12.7. The third kappa shape index (κ3) is 3.46. The first-order valence-electron chi connectivity index (χ1n) is 6.87. The fourth-order valence-corrected chi connectivity index (χ4v) is 3.48. The summed E-state index contributed by atoms with van der Waals surface area (Å²) >= 11 is 12.2. The Kier molecular flexibility index (Phi) is 4.67. The molecule has 0 atom stereocenters. The molecule has 1 aromatic carbocycles. The number of nitrogens with one attached hydrogen (secondary N) is 1. The Balaban J connectivity index is 1.98. The zero-order valence-electron chi connectivity index (χ0n) is 12.4. The van der Waals surface area contributed by atoms with E-state index in [9.17, 15) is 14.4 Å². The monoisotopic (exact) mass is 392 g/mol. The molecule has 0 aliphatic carbocycles. The van der Waals surface area contributed by atoms with E-state index in [1.807, 2.05) is 0 Å². The average Bonchev–Trinajstić information content (AvgIpc) is 2.97. The topological polar surface area (TPSA) is 86.7 Å². The second kappa shape index (κ2) is 6.75. The van der Waals surface area contributed by atoms with Gasteiger partial charge < -0.3 is 5.11 Å². The van der Waals surface area contributed by atoms with Crippen LogP contribution in [0, 0.1) is 0 Å². The van der Waals surface area contributed by atoms with Gasteiger partial charge in [-0.2, -0.15) is 0 Å². The molecule has 0 saturated carbocycles. The van der Waals surface area contributed by atoms with E-state index < -0.39 is 17.8 Å². The molecule has 1 aromatic heterocycles. The second-order valence-corrected chi connectivity index (χ2v) is 7.09. The molecule has 2 aromatic rings. The van der Waals surface area contributed by atoms with Crippen LogP contribution < -0.4 is 10.2 Å². The van der Waals surface area contributed by atoms with Gasteiger partial charge in [0.25, 0.3) is 11.8 Å². The van der Waals surface area contributed by atoms with Crippen LogP contribution in [0.2, 0.25) is 4.34 Å². The van der Waals surface area contributed by atoms with Gasteiger partial charge in [0.1, 0.15) is 5.57 Å². The van der Waals surface area contributed by atoms with E-state index in [1.165, 1.54) is 41.7 Å². The molecular weight excluding hydrogens is 384 g/mol. The number of carboxylic acid groups (broad SMARTS) is 1. The van der Waals surface area contributed by atoms with Gasteiger partial charge in [-0.3, -0.25) is 19.8 Å². The molecule has 0 bridgehead atoms. The predicted molar refractivity (Wildman–Crippen MR) is 98.9 cm³/mol. The molecule has 2 amide bonds. The van der Waals surface area contributed by atoms with Crippen molar-refractivity contribution in [2.45, 2.75) is 0 Å². The van der Waals surface area contributed by atoms with Gasteiger partial charge in [0, 0.05) is 4.88 Å². The molecule has 3 rings (SSSR count). The van der Waals surface area contributed by atoms with Crippen LogP contribution in [0.1, 0.15) is 15.2 Å². The number of benzene rings is 1. The number of carbonyl (C=O) groups excluding carboxylic acids is 2. The number of anilines is 1. The zero-order valence-corrected chi connectivity index (χ0v) is 14.7. The predicted octanol–water partition coefficient (Wildman–Crippen LogP) is 2.93. The lowest BCUT2D eigenvalue weighted by Crippen LogP contribution is -2.54. The molecule has 1 aliphatic rings. The fourth-order valence-electron chi connectivity index (χ4n) is 2.19. The van der Waals surface area contributed by atoms with Crippen molar-refractivity contribution in [3.8, 4) is 0 Å². The van der Waals surface area contributed by atoms with Crippen LogP contribution in [-0.4, -0.2) is 28.0 Å². The highest BCUT2D eigenvalue weighted by Crippen LogP contribution is 2.26. The number of thiocarbonyl (C=S) groups is 1. The Morgan fingerprint density at radius 2 is 1.88 bits per heavy atom. The molecule has 1 aliphatic heterocycles. The highest BCUT2D eigenvalue weighted by Gasteiger charge is 2.34. The molecular formula is C16H9ClN2O4S2. The molecule has 2 heterocycles. The number of thiophene rings is 1. The van der Waals surface area contributed by atoms with Crippen molar-refractivity contribution >= 4 is 69.8 Å². The van der Waals surface area contributed by atoms with E-state index in [-0.39, 0.29) is 16.2 Å². The van der Waals surface area contributed by atoms with Crippen LogP contribution >= 0.6 is 35.2 Å². The molecule has 9 heteroatoms. The molecule has 0 spiro atoms. The molecule has 1 fully saturated rings. The highest BCUT2D eigenvalue weighted by molar-refractivity contribution is 7.80. The zero-order chi connectivity index (χ0) is 18.1. The van der Waals surface area contributed by atoms with E-state index in [0.717, 1.165) is 4.90 Å². The molecule has 2 N–H and O–H groups in total. The lowest BCUT2D eigenvalue weighted by molar-refractivity contribution is -0.122. The molecule has 0 unspecified atom stereocenters. The van der Waals surface area contributed by atoms with Gasteiger partial charge in [-0.25, -0.2) is 4.79 Å². The smallest absolute Gasteiger partial charge is 0.335 e. The standard InChI is InChI=1S/C16H9ClN2O4S2/c17-12-6-5-10(25-12)7-11-13(20)18-16(24)19(14(11)21)9-3-1-8(2-4-9)15(22)23/h1-7H,(H,22,23)(H,18,20,24)/b11-7+. The summed E-state index contributed by atoms with van der Waals surface area (Å²) < 4.78 is 0.534. The van der Waals surface area contributed by atoms with E-state index in [2.05, 4.69) is 5.32 Å². The van der Waals surface area contributed by atoms with Crippen molar-refractivity contribution in [3.05, 3.63) is 56.7 Å². The lowest BCUT2D eigenvalue weighted by atomic mass is 10.1. The minimum absolute atomic E-state index is 0.0700. The number of hydrogen-bond donors (Lipinski definition) is 2. The highest BCUT2D eigenvalue weighted by atomic mass is 35.5. The van der Waals surface area contributed by atoms with E-state index in [1.54, 1.807) is 12.1 Å². The van der Waals surface area contributed by atoms with Gasteiger partial charge in [-0.05, 0) is 54.7 Å². The van der Waals surface area contributed by atoms with E-state index >= 15 is 0 Å². The number of carboxylic acids is 1. The third-order valence-corrected chi connectivity index (χ3v) is 4.82. The minimum atomic E-state index is -1.08. The van der Waals surface area contributed by atoms with Crippen LogP contribution in [0.15, 0.2) is 42.0 Å². The van der Waals surface area contributed by atoms with Gasteiger partial charge in [0.05, 0.1) is 15.6 Å². The fraction of sp³-hybridized carbons (Fsp3) is 0. The van der Waals surface area contributed by atoms with Crippen molar-refractivity contribution in [1.82, 2.24) is 5.32 Å². The van der Waals surface area contributed by atoms with Crippen molar-refractivity contribution in [1.29, 1.82) is 0 Å². The normalized spacial score (nSPS) is 16.3. The Morgan fingerprint density at radius 1 is 1.20 bits per heavy atom. The second-order valence-electron chi connectivity index (χ2n) is 4.95. The van der Waals surface area contributed by atoms with Crippen LogP contribution in [0.25, 0.3) is 6.08 Å². The summed E-state index contributed by atoms with van der Waals surface area (Å²) in [4.78, 5) is 37.6. The first kappa shape index (κ1) is 17.3. The number of carbonyl (C=O) groups is 3. The summed E-state index contributed by atoms with van der Waals surface area (Å²) in [5.41, 5.74) is 0.344. The Labute approximate surface area is 156 Å². The molecule has 0 radical (unpaired) electrons. The van der Waals surface area contributed by atoms with Crippen LogP contribution in [0.3, 0.4) is 0 Å². The van der Waals surface area contributed by atoms with Crippen LogP contribution in [-0.2, 0) is 9.59 Å². The van der Waals surface area contributed by atoms with E-state index in [0.29, 0.717) is 14.9 Å². The first-order chi connectivity index (χ1) is 11.9. The van der Waals surface area contributed by atoms with Crippen LogP contribution in [0.5, 0.6) is 0 Å². The minimum Gasteiger partial charge on any atom is -0.478 e. The summed E-state index contributed by atoms with van der Waals surface area (Å²) in [5, 5.41) is 11.3. The van der Waals surface area contributed by atoms with Gasteiger partial charge in [-0.1, -0.05) is 11.6 Å². The maximum Gasteiger partial charge on any atom is 0.335 e. The molecule has 1 saturated heterocycles. The van der Waals surface area contributed by atoms with Crippen molar-refractivity contribution < 1.29 is 19.5 Å². The number of hydrogen-bond acceptors (Lipinski definition) is 5. The molecule has 126 valence electrons. The van der Waals surface area contributed by atoms with Crippen molar-refractivity contribution in [2.24, 2.45) is 0 Å². The molecule has 25 heavy (non-hydrogen) atoms. The van der Waals surface area contributed by atoms with Gasteiger partial charge in [-0.15, -0.1) is 11.3 Å². The summed E-state index contributed by atoms with van der Waals surface area (Å²) in [6.45, 7) is 0. The Hall–Kier alpha value is -2.55. The van der Waals surface area contributed by atoms with E-state index in [4.69, 9.17) is 28.9 Å². The third-order valence-electron chi connectivity index (χ3n) is 3.35. The maximum absolute atomic E-state index is 12.7. The number of amides is 2. The lowest BCUT2D eigenvalue weighted by Gasteiger charge is -2.28. The number of halogens is 1. The van der Waals surface area contributed by atoms with Gasteiger partial charge >= 0.3 is 5.97 Å². The van der Waals surface area contributed by atoms with Crippen LogP contribution in [0.4, 0.5) is 5.69 Å².